The van der Waals surface area contributed by atoms with Gasteiger partial charge in [0, 0.05) is 12.5 Å². The van der Waals surface area contributed by atoms with E-state index in [9.17, 15) is 9.18 Å². The number of halogens is 1. The molecular formula is C20H28FN3O2. The second-order valence-corrected chi connectivity index (χ2v) is 9.22. The SMILES string of the molecule is N#C[C@@H]1C[C@H](F)CN1C(=O)CN[C@@H]1C[C@H]2C[C@@H](OC3CC3)C[C@H]2C12CC2. The summed E-state index contributed by atoms with van der Waals surface area (Å²) in [5, 5.41) is 12.6. The second kappa shape index (κ2) is 6.17. The van der Waals surface area contributed by atoms with Crippen LogP contribution in [0.1, 0.15) is 51.4 Å². The van der Waals surface area contributed by atoms with Gasteiger partial charge in [-0.3, -0.25) is 4.79 Å². The zero-order chi connectivity index (χ0) is 17.9. The molecule has 1 spiro atoms. The fourth-order valence-electron chi connectivity index (χ4n) is 6.07. The van der Waals surface area contributed by atoms with Crippen LogP contribution in [0.5, 0.6) is 0 Å². The fourth-order valence-corrected chi connectivity index (χ4v) is 6.07. The van der Waals surface area contributed by atoms with E-state index in [-0.39, 0.29) is 25.4 Å². The number of nitrogens with zero attached hydrogens (tertiary/aromatic N) is 2. The predicted octanol–water partition coefficient (Wildman–Crippen LogP) is 2.16. The summed E-state index contributed by atoms with van der Waals surface area (Å²) in [5.41, 5.74) is 0.370. The summed E-state index contributed by atoms with van der Waals surface area (Å²) in [6.07, 6.45) is 8.59. The summed E-state index contributed by atoms with van der Waals surface area (Å²) in [5.74, 6) is 1.34. The number of carbonyl (C=O) groups excluding carboxylic acids is 1. The van der Waals surface area contributed by atoms with Crippen LogP contribution in [0.2, 0.25) is 0 Å². The van der Waals surface area contributed by atoms with Crippen LogP contribution < -0.4 is 5.32 Å². The molecule has 4 aliphatic carbocycles. The Hall–Kier alpha value is -1.19. The highest BCUT2D eigenvalue weighted by atomic mass is 19.1. The van der Waals surface area contributed by atoms with Gasteiger partial charge in [-0.2, -0.15) is 5.26 Å². The Morgan fingerprint density at radius 1 is 1.23 bits per heavy atom. The summed E-state index contributed by atoms with van der Waals surface area (Å²) in [6, 6.07) is 1.86. The average Bonchev–Trinajstić information content (AvgIpc) is 3.50. The molecule has 0 radical (unpaired) electrons. The lowest BCUT2D eigenvalue weighted by Crippen LogP contribution is -2.45. The van der Waals surface area contributed by atoms with Crippen molar-refractivity contribution in [3.8, 4) is 6.07 Å². The van der Waals surface area contributed by atoms with Crippen molar-refractivity contribution >= 4 is 5.91 Å². The maximum Gasteiger partial charge on any atom is 0.237 e. The summed E-state index contributed by atoms with van der Waals surface area (Å²) in [6.45, 7) is 0.304. The highest BCUT2D eigenvalue weighted by Gasteiger charge is 2.64. The van der Waals surface area contributed by atoms with Gasteiger partial charge >= 0.3 is 0 Å². The number of alkyl halides is 1. The van der Waals surface area contributed by atoms with Gasteiger partial charge in [0.2, 0.25) is 5.91 Å². The maximum absolute atomic E-state index is 13.6. The van der Waals surface area contributed by atoms with Crippen molar-refractivity contribution in [1.29, 1.82) is 5.26 Å². The highest BCUT2D eigenvalue weighted by molar-refractivity contribution is 5.79. The van der Waals surface area contributed by atoms with E-state index in [1.54, 1.807) is 0 Å². The molecule has 4 saturated carbocycles. The molecule has 1 aliphatic heterocycles. The zero-order valence-corrected chi connectivity index (χ0v) is 15.2. The molecule has 0 aromatic rings. The molecule has 142 valence electrons. The lowest BCUT2D eigenvalue weighted by molar-refractivity contribution is -0.130. The Kier molecular flexibility index (Phi) is 4.02. The Labute approximate surface area is 154 Å². The van der Waals surface area contributed by atoms with E-state index < -0.39 is 12.2 Å². The number of nitrogens with one attached hydrogen (secondary N) is 1. The number of hydrogen-bond acceptors (Lipinski definition) is 4. The van der Waals surface area contributed by atoms with Crippen LogP contribution in [0.15, 0.2) is 0 Å². The Balaban J connectivity index is 1.17. The summed E-state index contributed by atoms with van der Waals surface area (Å²) >= 11 is 0. The minimum Gasteiger partial charge on any atom is -0.375 e. The smallest absolute Gasteiger partial charge is 0.237 e. The molecule has 5 fully saturated rings. The third-order valence-electron chi connectivity index (χ3n) is 7.58. The van der Waals surface area contributed by atoms with E-state index in [1.807, 2.05) is 0 Å². The first-order valence-electron chi connectivity index (χ1n) is 10.3. The van der Waals surface area contributed by atoms with Crippen molar-refractivity contribution < 1.29 is 13.9 Å². The first-order valence-corrected chi connectivity index (χ1v) is 10.3. The van der Waals surface area contributed by atoms with E-state index in [0.29, 0.717) is 23.7 Å². The van der Waals surface area contributed by atoms with Crippen LogP contribution in [-0.4, -0.2) is 54.4 Å². The van der Waals surface area contributed by atoms with Gasteiger partial charge in [-0.05, 0) is 62.2 Å². The number of hydrogen-bond donors (Lipinski definition) is 1. The fraction of sp³-hybridized carbons (Fsp3) is 0.900. The van der Waals surface area contributed by atoms with E-state index in [0.717, 1.165) is 18.3 Å². The topological polar surface area (TPSA) is 65.4 Å². The molecule has 0 aromatic heterocycles. The highest BCUT2D eigenvalue weighted by Crippen LogP contribution is 2.67. The van der Waals surface area contributed by atoms with Crippen LogP contribution in [0.3, 0.4) is 0 Å². The summed E-state index contributed by atoms with van der Waals surface area (Å²) in [7, 11) is 0. The van der Waals surface area contributed by atoms with E-state index in [2.05, 4.69) is 11.4 Å². The molecule has 1 heterocycles. The molecule has 1 amide bonds. The monoisotopic (exact) mass is 361 g/mol. The molecule has 6 heteroatoms. The van der Waals surface area contributed by atoms with E-state index in [4.69, 9.17) is 10.00 Å². The van der Waals surface area contributed by atoms with Crippen molar-refractivity contribution in [1.82, 2.24) is 10.2 Å². The molecule has 0 aromatic carbocycles. The van der Waals surface area contributed by atoms with Crippen LogP contribution in [0.25, 0.3) is 0 Å². The number of fused-ring (bicyclic) bond motifs is 2. The molecule has 6 atom stereocenters. The lowest BCUT2D eigenvalue weighted by atomic mass is 9.87. The molecule has 0 bridgehead atoms. The lowest BCUT2D eigenvalue weighted by Gasteiger charge is -2.27. The van der Waals surface area contributed by atoms with Gasteiger partial charge in [-0.1, -0.05) is 0 Å². The standard InChI is InChI=1S/C20H28FN3O2/c21-13-7-14(9-22)24(11-13)19(25)10-23-18-6-12-5-16(26-15-1-2-15)8-17(12)20(18)3-4-20/h12-18,23H,1-8,10-11H2/t12-,13+,14+,16-,17-,18-/m1/s1. The Morgan fingerprint density at radius 3 is 2.73 bits per heavy atom. The molecule has 5 nitrogen and oxygen atoms in total. The molecular weight excluding hydrogens is 333 g/mol. The quantitative estimate of drug-likeness (QED) is 0.815. The number of carbonyl (C=O) groups is 1. The van der Waals surface area contributed by atoms with Crippen LogP contribution in [0, 0.1) is 28.6 Å². The van der Waals surface area contributed by atoms with E-state index in [1.165, 1.54) is 43.4 Å². The van der Waals surface area contributed by atoms with Gasteiger partial charge < -0.3 is 15.0 Å². The van der Waals surface area contributed by atoms with Crippen molar-refractivity contribution in [2.75, 3.05) is 13.1 Å². The first-order chi connectivity index (χ1) is 12.6. The summed E-state index contributed by atoms with van der Waals surface area (Å²) < 4.78 is 19.7. The number of amides is 1. The Bertz CT molecular complexity index is 627. The molecule has 26 heavy (non-hydrogen) atoms. The normalized spacial score (nSPS) is 42.8. The van der Waals surface area contributed by atoms with E-state index >= 15 is 0 Å². The molecule has 1 N–H and O–H groups in total. The average molecular weight is 361 g/mol. The largest absolute Gasteiger partial charge is 0.375 e. The van der Waals surface area contributed by atoms with Crippen LogP contribution in [-0.2, 0) is 9.53 Å². The minimum absolute atomic E-state index is 0.0694. The van der Waals surface area contributed by atoms with Gasteiger partial charge in [-0.15, -0.1) is 0 Å². The third-order valence-corrected chi connectivity index (χ3v) is 7.58. The van der Waals surface area contributed by atoms with Gasteiger partial charge in [0.25, 0.3) is 0 Å². The van der Waals surface area contributed by atoms with Crippen molar-refractivity contribution in [2.45, 2.75) is 81.8 Å². The number of rotatable bonds is 5. The molecule has 1 saturated heterocycles. The van der Waals surface area contributed by atoms with Gasteiger partial charge in [0.05, 0.1) is 31.4 Å². The number of ether oxygens (including phenoxy) is 1. The first kappa shape index (κ1) is 16.9. The maximum atomic E-state index is 13.6. The molecule has 5 aliphatic rings. The predicted molar refractivity (Wildman–Crippen MR) is 92.8 cm³/mol. The zero-order valence-electron chi connectivity index (χ0n) is 15.2. The second-order valence-electron chi connectivity index (χ2n) is 9.22. The molecule has 0 unspecified atom stereocenters. The number of likely N-dealkylation sites (tertiary alicyclic amines) is 1. The third kappa shape index (κ3) is 2.84. The van der Waals surface area contributed by atoms with Gasteiger partial charge in [0.1, 0.15) is 12.2 Å². The Morgan fingerprint density at radius 2 is 2.04 bits per heavy atom. The molecule has 5 rings (SSSR count). The minimum atomic E-state index is -1.06. The van der Waals surface area contributed by atoms with Crippen LogP contribution in [0.4, 0.5) is 4.39 Å². The van der Waals surface area contributed by atoms with Crippen molar-refractivity contribution in [3.05, 3.63) is 0 Å². The van der Waals surface area contributed by atoms with Crippen molar-refractivity contribution in [2.24, 2.45) is 17.3 Å². The van der Waals surface area contributed by atoms with Gasteiger partial charge in [0.15, 0.2) is 0 Å². The number of nitriles is 1. The summed E-state index contributed by atoms with van der Waals surface area (Å²) in [4.78, 5) is 13.9. The van der Waals surface area contributed by atoms with Crippen LogP contribution >= 0.6 is 0 Å². The van der Waals surface area contributed by atoms with Crippen molar-refractivity contribution in [3.63, 3.8) is 0 Å². The van der Waals surface area contributed by atoms with Gasteiger partial charge in [-0.25, -0.2) is 4.39 Å².